The van der Waals surface area contributed by atoms with Gasteiger partial charge >= 0.3 is 5.97 Å². The molecule has 0 aliphatic carbocycles. The molecule has 1 fully saturated rings. The van der Waals surface area contributed by atoms with Gasteiger partial charge in [0, 0.05) is 13.1 Å². The molecule has 0 bridgehead atoms. The Hall–Kier alpha value is -1.74. The molecule has 0 spiro atoms. The predicted octanol–water partition coefficient (Wildman–Crippen LogP) is 2.47. The largest absolute Gasteiger partial charge is 0.462 e. The molecule has 1 saturated heterocycles. The Labute approximate surface area is 122 Å². The second-order valence-corrected chi connectivity index (χ2v) is 6.22. The smallest absolute Gasteiger partial charge is 0.350 e. The number of hydrogen-bond acceptors (Lipinski definition) is 6. The first-order chi connectivity index (χ1) is 9.49. The standard InChI is InChI=1S/C14H19N3O2S/c1-4-19-14(18)12-11(16)10(5-15)13(20-12)17-6-8(2)9(3)7-17/h8-9H,4,6-7,16H2,1-3H3. The summed E-state index contributed by atoms with van der Waals surface area (Å²) in [6.07, 6.45) is 0. The second kappa shape index (κ2) is 5.71. The predicted molar refractivity (Wildman–Crippen MR) is 79.9 cm³/mol. The highest BCUT2D eigenvalue weighted by Gasteiger charge is 2.31. The van der Waals surface area contributed by atoms with E-state index in [1.54, 1.807) is 6.92 Å². The number of nitrogens with zero attached hydrogens (tertiary/aromatic N) is 2. The van der Waals surface area contributed by atoms with Crippen LogP contribution in [0.25, 0.3) is 0 Å². The Morgan fingerprint density at radius 2 is 2.10 bits per heavy atom. The molecule has 5 nitrogen and oxygen atoms in total. The van der Waals surface area contributed by atoms with Crippen LogP contribution >= 0.6 is 11.3 Å². The van der Waals surface area contributed by atoms with Crippen LogP contribution in [0.4, 0.5) is 10.7 Å². The van der Waals surface area contributed by atoms with Crippen molar-refractivity contribution in [1.82, 2.24) is 0 Å². The summed E-state index contributed by atoms with van der Waals surface area (Å²) in [5.74, 6) is 0.685. The molecule has 1 aliphatic rings. The van der Waals surface area contributed by atoms with Crippen molar-refractivity contribution in [2.24, 2.45) is 11.8 Å². The number of esters is 1. The van der Waals surface area contributed by atoms with Crippen molar-refractivity contribution in [2.75, 3.05) is 30.3 Å². The number of nitrogens with two attached hydrogens (primary N) is 1. The first-order valence-electron chi connectivity index (χ1n) is 6.74. The molecule has 2 unspecified atom stereocenters. The summed E-state index contributed by atoms with van der Waals surface area (Å²) < 4.78 is 4.99. The van der Waals surface area contributed by atoms with Crippen LogP contribution in [0, 0.1) is 23.2 Å². The van der Waals surface area contributed by atoms with E-state index >= 15 is 0 Å². The van der Waals surface area contributed by atoms with E-state index in [1.165, 1.54) is 11.3 Å². The van der Waals surface area contributed by atoms with Crippen LogP contribution in [0.15, 0.2) is 0 Å². The van der Waals surface area contributed by atoms with Gasteiger partial charge in [-0.2, -0.15) is 5.26 Å². The van der Waals surface area contributed by atoms with Gasteiger partial charge < -0.3 is 15.4 Å². The average molecular weight is 293 g/mol. The van der Waals surface area contributed by atoms with Crippen molar-refractivity contribution in [1.29, 1.82) is 5.26 Å². The molecular formula is C14H19N3O2S. The molecule has 6 heteroatoms. The quantitative estimate of drug-likeness (QED) is 0.866. The van der Waals surface area contributed by atoms with Crippen LogP contribution in [0.2, 0.25) is 0 Å². The van der Waals surface area contributed by atoms with Crippen LogP contribution < -0.4 is 10.6 Å². The highest BCUT2D eigenvalue weighted by Crippen LogP contribution is 2.41. The number of nitrogen functional groups attached to an aromatic ring is 1. The van der Waals surface area contributed by atoms with Gasteiger partial charge in [0.05, 0.1) is 12.3 Å². The highest BCUT2D eigenvalue weighted by atomic mass is 32.1. The van der Waals surface area contributed by atoms with E-state index in [2.05, 4.69) is 24.8 Å². The third-order valence-electron chi connectivity index (χ3n) is 3.77. The van der Waals surface area contributed by atoms with Gasteiger partial charge in [-0.3, -0.25) is 0 Å². The third kappa shape index (κ3) is 2.46. The van der Waals surface area contributed by atoms with Crippen LogP contribution in [0.5, 0.6) is 0 Å². The van der Waals surface area contributed by atoms with Crippen molar-refractivity contribution in [2.45, 2.75) is 20.8 Å². The average Bonchev–Trinajstić information content (AvgIpc) is 2.90. The van der Waals surface area contributed by atoms with Gasteiger partial charge in [0.2, 0.25) is 0 Å². The SMILES string of the molecule is CCOC(=O)c1sc(N2CC(C)C(C)C2)c(C#N)c1N. The van der Waals surface area contributed by atoms with Crippen LogP contribution in [-0.2, 0) is 4.74 Å². The third-order valence-corrected chi connectivity index (χ3v) is 5.02. The molecule has 1 aromatic heterocycles. The molecule has 0 aromatic carbocycles. The first kappa shape index (κ1) is 14.7. The summed E-state index contributed by atoms with van der Waals surface area (Å²) >= 11 is 1.26. The van der Waals surface area contributed by atoms with Crippen molar-refractivity contribution < 1.29 is 9.53 Å². The normalized spacial score (nSPS) is 21.8. The van der Waals surface area contributed by atoms with E-state index in [4.69, 9.17) is 10.5 Å². The fourth-order valence-electron chi connectivity index (χ4n) is 2.41. The summed E-state index contributed by atoms with van der Waals surface area (Å²) in [6.45, 7) is 8.21. The molecule has 1 aromatic rings. The lowest BCUT2D eigenvalue weighted by Crippen LogP contribution is -2.19. The summed E-state index contributed by atoms with van der Waals surface area (Å²) in [5.41, 5.74) is 6.59. The van der Waals surface area contributed by atoms with Crippen LogP contribution in [-0.4, -0.2) is 25.7 Å². The summed E-state index contributed by atoms with van der Waals surface area (Å²) in [4.78, 5) is 14.4. The maximum Gasteiger partial charge on any atom is 0.350 e. The van der Waals surface area contributed by atoms with E-state index in [0.717, 1.165) is 18.1 Å². The highest BCUT2D eigenvalue weighted by molar-refractivity contribution is 7.18. The number of carbonyl (C=O) groups excluding carboxylic acids is 1. The van der Waals surface area contributed by atoms with Gasteiger partial charge in [0.25, 0.3) is 0 Å². The van der Waals surface area contributed by atoms with Crippen molar-refractivity contribution in [3.63, 3.8) is 0 Å². The zero-order chi connectivity index (χ0) is 14.9. The van der Waals surface area contributed by atoms with Gasteiger partial charge in [0.1, 0.15) is 21.5 Å². The zero-order valence-corrected chi connectivity index (χ0v) is 12.8. The van der Waals surface area contributed by atoms with Gasteiger partial charge in [-0.05, 0) is 18.8 Å². The molecule has 0 saturated carbocycles. The van der Waals surface area contributed by atoms with Crippen molar-refractivity contribution in [3.05, 3.63) is 10.4 Å². The fraction of sp³-hybridized carbons (Fsp3) is 0.571. The van der Waals surface area contributed by atoms with Gasteiger partial charge in [-0.1, -0.05) is 13.8 Å². The number of anilines is 2. The van der Waals surface area contributed by atoms with Gasteiger partial charge in [-0.25, -0.2) is 4.79 Å². The molecule has 2 N–H and O–H groups in total. The minimum absolute atomic E-state index is 0.248. The van der Waals surface area contributed by atoms with E-state index in [-0.39, 0.29) is 5.69 Å². The Morgan fingerprint density at radius 1 is 1.50 bits per heavy atom. The molecule has 2 heterocycles. The van der Waals surface area contributed by atoms with E-state index in [0.29, 0.717) is 28.9 Å². The molecule has 20 heavy (non-hydrogen) atoms. The Bertz CT molecular complexity index is 552. The number of rotatable bonds is 3. The van der Waals surface area contributed by atoms with E-state index in [9.17, 15) is 10.1 Å². The molecular weight excluding hydrogens is 274 g/mol. The number of thiophene rings is 1. The first-order valence-corrected chi connectivity index (χ1v) is 7.55. The zero-order valence-electron chi connectivity index (χ0n) is 12.0. The van der Waals surface area contributed by atoms with Crippen LogP contribution in [0.3, 0.4) is 0 Å². The van der Waals surface area contributed by atoms with Gasteiger partial charge in [-0.15, -0.1) is 11.3 Å². The maximum absolute atomic E-state index is 11.9. The lowest BCUT2D eigenvalue weighted by Gasteiger charge is -2.16. The number of ether oxygens (including phenoxy) is 1. The van der Waals surface area contributed by atoms with E-state index < -0.39 is 5.97 Å². The van der Waals surface area contributed by atoms with Crippen LogP contribution in [0.1, 0.15) is 36.0 Å². The lowest BCUT2D eigenvalue weighted by molar-refractivity contribution is 0.0533. The van der Waals surface area contributed by atoms with Gasteiger partial charge in [0.15, 0.2) is 0 Å². The number of hydrogen-bond donors (Lipinski definition) is 1. The Kier molecular flexibility index (Phi) is 4.19. The molecule has 2 rings (SSSR count). The topological polar surface area (TPSA) is 79.3 Å². The maximum atomic E-state index is 11.9. The number of nitriles is 1. The Balaban J connectivity index is 2.37. The molecule has 108 valence electrons. The van der Waals surface area contributed by atoms with E-state index in [1.807, 2.05) is 0 Å². The summed E-state index contributed by atoms with van der Waals surface area (Å²) in [6, 6.07) is 2.12. The molecule has 1 aliphatic heterocycles. The lowest BCUT2D eigenvalue weighted by atomic mass is 10.0. The fourth-order valence-corrected chi connectivity index (χ4v) is 3.49. The van der Waals surface area contributed by atoms with Crippen molar-refractivity contribution >= 4 is 28.0 Å². The number of carbonyl (C=O) groups is 1. The minimum Gasteiger partial charge on any atom is -0.462 e. The Morgan fingerprint density at radius 3 is 2.60 bits per heavy atom. The molecule has 2 atom stereocenters. The summed E-state index contributed by atoms with van der Waals surface area (Å²) in [7, 11) is 0. The molecule has 0 amide bonds. The van der Waals surface area contributed by atoms with Crippen molar-refractivity contribution in [3.8, 4) is 6.07 Å². The monoisotopic (exact) mass is 293 g/mol. The molecule has 0 radical (unpaired) electrons. The second-order valence-electron chi connectivity index (χ2n) is 5.22. The minimum atomic E-state index is -0.446. The summed E-state index contributed by atoms with van der Waals surface area (Å²) in [5, 5.41) is 10.1.